The molecule has 2 N–H and O–H groups in total. The van der Waals surface area contributed by atoms with Crippen LogP contribution in [0.4, 0.5) is 5.69 Å². The first kappa shape index (κ1) is 15.2. The van der Waals surface area contributed by atoms with Crippen molar-refractivity contribution in [2.45, 2.75) is 12.0 Å². The number of nitro benzene ring substituents is 1. The smallest absolute Gasteiger partial charge is 0.310 e. The van der Waals surface area contributed by atoms with Gasteiger partial charge in [0.1, 0.15) is 5.60 Å². The highest BCUT2D eigenvalue weighted by Crippen LogP contribution is 2.27. The molecule has 0 bridgehead atoms. The summed E-state index contributed by atoms with van der Waals surface area (Å²) in [7, 11) is 1.29. The molecule has 1 fully saturated rings. The highest BCUT2D eigenvalue weighted by molar-refractivity contribution is 5.95. The average molecular weight is 296 g/mol. The number of aliphatic hydroxyl groups is 1. The minimum atomic E-state index is -1.06. The van der Waals surface area contributed by atoms with Crippen LogP contribution in [-0.4, -0.2) is 48.4 Å². The number of carbonyl (C=O) groups excluding carboxylic acids is 1. The summed E-state index contributed by atoms with van der Waals surface area (Å²) in [5.41, 5.74) is -1.04. The van der Waals surface area contributed by atoms with E-state index in [2.05, 4.69) is 5.32 Å². The predicted octanol–water partition coefficient (Wildman–Crippen LogP) is 0.485. The Balaban J connectivity index is 2.07. The standard InChI is InChI=1S/C13H16N2O6/c1-20-11-6-9(2-3-10(11)15(18)19)12(16)14-7-13(17)4-5-21-8-13/h2-3,6,17H,4-5,7-8H2,1H3,(H,14,16). The number of amides is 1. The van der Waals surface area contributed by atoms with Crippen LogP contribution in [0.5, 0.6) is 5.75 Å². The molecule has 1 aromatic carbocycles. The van der Waals surface area contributed by atoms with Crippen LogP contribution in [0.15, 0.2) is 18.2 Å². The Morgan fingerprint density at radius 1 is 1.62 bits per heavy atom. The molecule has 1 aliphatic rings. The molecule has 1 saturated heterocycles. The third-order valence-electron chi connectivity index (χ3n) is 3.30. The van der Waals surface area contributed by atoms with Crippen LogP contribution >= 0.6 is 0 Å². The molecule has 1 unspecified atom stereocenters. The second-order valence-corrected chi connectivity index (χ2v) is 4.85. The van der Waals surface area contributed by atoms with Crippen molar-refractivity contribution in [3.05, 3.63) is 33.9 Å². The number of nitrogens with one attached hydrogen (secondary N) is 1. The molecular weight excluding hydrogens is 280 g/mol. The Hall–Kier alpha value is -2.19. The molecular formula is C13H16N2O6. The van der Waals surface area contributed by atoms with E-state index < -0.39 is 16.4 Å². The van der Waals surface area contributed by atoms with Gasteiger partial charge in [-0.3, -0.25) is 14.9 Å². The molecule has 21 heavy (non-hydrogen) atoms. The van der Waals surface area contributed by atoms with Crippen LogP contribution in [0.2, 0.25) is 0 Å². The minimum Gasteiger partial charge on any atom is -0.490 e. The SMILES string of the molecule is COc1cc(C(=O)NCC2(O)CCOC2)ccc1[N+](=O)[O-]. The third kappa shape index (κ3) is 3.47. The molecule has 1 aliphatic heterocycles. The van der Waals surface area contributed by atoms with E-state index in [1.165, 1.54) is 25.3 Å². The largest absolute Gasteiger partial charge is 0.490 e. The third-order valence-corrected chi connectivity index (χ3v) is 3.30. The molecule has 8 nitrogen and oxygen atoms in total. The molecule has 0 saturated carbocycles. The monoisotopic (exact) mass is 296 g/mol. The van der Waals surface area contributed by atoms with Gasteiger partial charge >= 0.3 is 5.69 Å². The van der Waals surface area contributed by atoms with E-state index in [1.54, 1.807) is 0 Å². The summed E-state index contributed by atoms with van der Waals surface area (Å²) in [4.78, 5) is 22.2. The van der Waals surface area contributed by atoms with Crippen LogP contribution in [0, 0.1) is 10.1 Å². The van der Waals surface area contributed by atoms with Gasteiger partial charge in [0.05, 0.1) is 18.6 Å². The molecule has 1 atom stereocenters. The predicted molar refractivity (Wildman–Crippen MR) is 72.4 cm³/mol. The molecule has 0 spiro atoms. The quantitative estimate of drug-likeness (QED) is 0.604. The summed E-state index contributed by atoms with van der Waals surface area (Å²) >= 11 is 0. The lowest BCUT2D eigenvalue weighted by Crippen LogP contribution is -2.43. The number of hydrogen-bond donors (Lipinski definition) is 2. The average Bonchev–Trinajstić information content (AvgIpc) is 2.91. The summed E-state index contributed by atoms with van der Waals surface area (Å²) in [5.74, 6) is -0.431. The first-order chi connectivity index (χ1) is 9.95. The van der Waals surface area contributed by atoms with E-state index in [1.807, 2.05) is 0 Å². The second kappa shape index (κ2) is 6.06. The van der Waals surface area contributed by atoms with Gasteiger partial charge in [0, 0.05) is 37.3 Å². The fraction of sp³-hybridized carbons (Fsp3) is 0.462. The van der Waals surface area contributed by atoms with E-state index in [9.17, 15) is 20.0 Å². The summed E-state index contributed by atoms with van der Waals surface area (Å²) in [6, 6.07) is 3.84. The Bertz CT molecular complexity index is 554. The van der Waals surface area contributed by atoms with Gasteiger partial charge in [0.2, 0.25) is 0 Å². The Labute approximate surface area is 120 Å². The zero-order valence-corrected chi connectivity index (χ0v) is 11.5. The molecule has 1 heterocycles. The van der Waals surface area contributed by atoms with Gasteiger partial charge in [-0.25, -0.2) is 0 Å². The zero-order chi connectivity index (χ0) is 15.5. The van der Waals surface area contributed by atoms with Gasteiger partial charge in [-0.1, -0.05) is 0 Å². The van der Waals surface area contributed by atoms with E-state index in [4.69, 9.17) is 9.47 Å². The molecule has 0 aromatic heterocycles. The Kier molecular flexibility index (Phi) is 4.39. The van der Waals surface area contributed by atoms with Gasteiger partial charge in [0.25, 0.3) is 5.91 Å². The van der Waals surface area contributed by atoms with Crippen molar-refractivity contribution in [3.63, 3.8) is 0 Å². The molecule has 114 valence electrons. The van der Waals surface area contributed by atoms with E-state index in [0.29, 0.717) is 13.0 Å². The summed E-state index contributed by atoms with van der Waals surface area (Å²) in [6.45, 7) is 0.694. The lowest BCUT2D eigenvalue weighted by Gasteiger charge is -2.20. The number of benzene rings is 1. The van der Waals surface area contributed by atoms with Crippen molar-refractivity contribution in [1.29, 1.82) is 0 Å². The number of methoxy groups -OCH3 is 1. The summed E-state index contributed by atoms with van der Waals surface area (Å²) in [6.07, 6.45) is 0.455. The van der Waals surface area contributed by atoms with Gasteiger partial charge in [-0.15, -0.1) is 0 Å². The van der Waals surface area contributed by atoms with E-state index in [-0.39, 0.29) is 30.2 Å². The summed E-state index contributed by atoms with van der Waals surface area (Å²) < 4.78 is 9.98. The molecule has 8 heteroatoms. The lowest BCUT2D eigenvalue weighted by molar-refractivity contribution is -0.385. The van der Waals surface area contributed by atoms with Crippen molar-refractivity contribution in [1.82, 2.24) is 5.32 Å². The van der Waals surface area contributed by atoms with Crippen molar-refractivity contribution in [3.8, 4) is 5.75 Å². The number of nitrogens with zero attached hydrogens (tertiary/aromatic N) is 1. The number of carbonyl (C=O) groups is 1. The lowest BCUT2D eigenvalue weighted by atomic mass is 10.0. The number of rotatable bonds is 5. The fourth-order valence-corrected chi connectivity index (χ4v) is 2.05. The topological polar surface area (TPSA) is 111 Å². The molecule has 1 aromatic rings. The van der Waals surface area contributed by atoms with Crippen LogP contribution in [-0.2, 0) is 4.74 Å². The maximum absolute atomic E-state index is 12.0. The van der Waals surface area contributed by atoms with Crippen molar-refractivity contribution >= 4 is 11.6 Å². The Morgan fingerprint density at radius 2 is 2.38 bits per heavy atom. The molecule has 0 aliphatic carbocycles. The number of nitro groups is 1. The van der Waals surface area contributed by atoms with Crippen LogP contribution < -0.4 is 10.1 Å². The highest BCUT2D eigenvalue weighted by atomic mass is 16.6. The summed E-state index contributed by atoms with van der Waals surface area (Å²) in [5, 5.41) is 23.4. The van der Waals surface area contributed by atoms with Gasteiger partial charge in [-0.2, -0.15) is 0 Å². The Morgan fingerprint density at radius 3 is 2.95 bits per heavy atom. The number of hydrogen-bond acceptors (Lipinski definition) is 6. The van der Waals surface area contributed by atoms with Gasteiger partial charge < -0.3 is 19.9 Å². The fourth-order valence-electron chi connectivity index (χ4n) is 2.05. The van der Waals surface area contributed by atoms with Crippen LogP contribution in [0.25, 0.3) is 0 Å². The normalized spacial score (nSPS) is 21.0. The molecule has 1 amide bonds. The van der Waals surface area contributed by atoms with Crippen molar-refractivity contribution in [2.75, 3.05) is 26.9 Å². The maximum atomic E-state index is 12.0. The minimum absolute atomic E-state index is 0.00978. The first-order valence-corrected chi connectivity index (χ1v) is 6.36. The van der Waals surface area contributed by atoms with E-state index in [0.717, 1.165) is 0 Å². The molecule has 2 rings (SSSR count). The maximum Gasteiger partial charge on any atom is 0.310 e. The second-order valence-electron chi connectivity index (χ2n) is 4.85. The van der Waals surface area contributed by atoms with Crippen LogP contribution in [0.3, 0.4) is 0 Å². The first-order valence-electron chi connectivity index (χ1n) is 6.36. The van der Waals surface area contributed by atoms with Crippen molar-refractivity contribution < 1.29 is 24.3 Å². The van der Waals surface area contributed by atoms with Crippen LogP contribution in [0.1, 0.15) is 16.8 Å². The van der Waals surface area contributed by atoms with E-state index >= 15 is 0 Å². The molecule has 0 radical (unpaired) electrons. The highest BCUT2D eigenvalue weighted by Gasteiger charge is 2.32. The zero-order valence-electron chi connectivity index (χ0n) is 11.5. The van der Waals surface area contributed by atoms with Gasteiger partial charge in [-0.05, 0) is 6.07 Å². The van der Waals surface area contributed by atoms with Crippen molar-refractivity contribution in [2.24, 2.45) is 0 Å². The number of ether oxygens (including phenoxy) is 2. The van der Waals surface area contributed by atoms with Gasteiger partial charge in [0.15, 0.2) is 5.75 Å².